The van der Waals surface area contributed by atoms with Crippen LogP contribution in [0.1, 0.15) is 18.9 Å². The number of carboxylic acids is 1. The van der Waals surface area contributed by atoms with Crippen molar-refractivity contribution >= 4 is 17.7 Å². The Bertz CT molecular complexity index is 553. The van der Waals surface area contributed by atoms with E-state index in [4.69, 9.17) is 5.11 Å². The molecule has 6 nitrogen and oxygen atoms in total. The number of aryl methyl sites for hydroxylation is 1. The van der Waals surface area contributed by atoms with Crippen LogP contribution in [0.25, 0.3) is 5.69 Å². The van der Waals surface area contributed by atoms with Crippen LogP contribution >= 0.6 is 11.8 Å². The van der Waals surface area contributed by atoms with E-state index in [0.717, 1.165) is 30.3 Å². The van der Waals surface area contributed by atoms with Crippen LogP contribution < -0.4 is 0 Å². The number of aromatic nitrogens is 4. The Labute approximate surface area is 114 Å². The van der Waals surface area contributed by atoms with Crippen molar-refractivity contribution in [3.63, 3.8) is 0 Å². The first-order valence-electron chi connectivity index (χ1n) is 5.93. The molecule has 0 amide bonds. The number of carboxylic acid groups (broad SMARTS) is 1. The zero-order chi connectivity index (χ0) is 13.7. The Morgan fingerprint density at radius 1 is 1.37 bits per heavy atom. The van der Waals surface area contributed by atoms with Gasteiger partial charge in [0.15, 0.2) is 0 Å². The molecular formula is C12H14N4O2S. The molecule has 0 unspecified atom stereocenters. The highest BCUT2D eigenvalue weighted by Crippen LogP contribution is 2.18. The molecule has 0 radical (unpaired) electrons. The fraction of sp³-hybridized carbons (Fsp3) is 0.333. The van der Waals surface area contributed by atoms with Gasteiger partial charge in [-0.05, 0) is 34.5 Å². The summed E-state index contributed by atoms with van der Waals surface area (Å²) >= 11 is 1.10. The predicted molar refractivity (Wildman–Crippen MR) is 71.5 cm³/mol. The lowest BCUT2D eigenvalue weighted by atomic mass is 10.1. The molecule has 1 N–H and O–H groups in total. The van der Waals surface area contributed by atoms with E-state index < -0.39 is 5.97 Å². The fourth-order valence-corrected chi connectivity index (χ4v) is 2.26. The maximum absolute atomic E-state index is 10.6. The second-order valence-corrected chi connectivity index (χ2v) is 4.91. The molecule has 0 saturated heterocycles. The van der Waals surface area contributed by atoms with Crippen molar-refractivity contribution in [1.82, 2.24) is 20.2 Å². The Balaban J connectivity index is 2.17. The summed E-state index contributed by atoms with van der Waals surface area (Å²) in [5.41, 5.74) is 2.09. The van der Waals surface area contributed by atoms with Gasteiger partial charge in [-0.3, -0.25) is 4.79 Å². The summed E-state index contributed by atoms with van der Waals surface area (Å²) in [6.45, 7) is 2.13. The van der Waals surface area contributed by atoms with Gasteiger partial charge in [-0.1, -0.05) is 37.2 Å². The summed E-state index contributed by atoms with van der Waals surface area (Å²) in [7, 11) is 0. The summed E-state index contributed by atoms with van der Waals surface area (Å²) in [6, 6.07) is 7.94. The Kier molecular flexibility index (Phi) is 4.51. The number of nitrogens with zero attached hydrogens (tertiary/aromatic N) is 4. The van der Waals surface area contributed by atoms with Crippen LogP contribution in [0.5, 0.6) is 0 Å². The molecule has 2 aromatic rings. The third-order valence-corrected chi connectivity index (χ3v) is 3.39. The van der Waals surface area contributed by atoms with Crippen molar-refractivity contribution in [3.05, 3.63) is 29.8 Å². The van der Waals surface area contributed by atoms with Gasteiger partial charge in [0.05, 0.1) is 11.4 Å². The lowest BCUT2D eigenvalue weighted by Crippen LogP contribution is -2.03. The van der Waals surface area contributed by atoms with Gasteiger partial charge in [0.25, 0.3) is 0 Å². The molecule has 0 aliphatic heterocycles. The number of thioether (sulfide) groups is 1. The molecule has 0 bridgehead atoms. The molecule has 0 aliphatic carbocycles. The second kappa shape index (κ2) is 6.33. The molecule has 0 saturated carbocycles. The van der Waals surface area contributed by atoms with Crippen molar-refractivity contribution in [3.8, 4) is 5.69 Å². The highest BCUT2D eigenvalue weighted by Gasteiger charge is 2.10. The molecule has 0 fully saturated rings. The van der Waals surface area contributed by atoms with Crippen LogP contribution in [-0.2, 0) is 11.2 Å². The van der Waals surface area contributed by atoms with E-state index in [2.05, 4.69) is 22.4 Å². The molecule has 19 heavy (non-hydrogen) atoms. The summed E-state index contributed by atoms with van der Waals surface area (Å²) < 4.78 is 1.54. The first-order chi connectivity index (χ1) is 9.20. The monoisotopic (exact) mass is 278 g/mol. The number of hydrogen-bond donors (Lipinski definition) is 1. The summed E-state index contributed by atoms with van der Waals surface area (Å²) in [5.74, 6) is -0.952. The van der Waals surface area contributed by atoms with E-state index in [1.54, 1.807) is 4.68 Å². The van der Waals surface area contributed by atoms with Crippen molar-refractivity contribution in [2.45, 2.75) is 24.9 Å². The molecule has 2 rings (SSSR count). The molecule has 1 heterocycles. The molecule has 100 valence electrons. The number of hydrogen-bond acceptors (Lipinski definition) is 5. The predicted octanol–water partition coefficient (Wildman–Crippen LogP) is 1.79. The third-order valence-electron chi connectivity index (χ3n) is 2.49. The molecule has 1 aromatic heterocycles. The van der Waals surface area contributed by atoms with Gasteiger partial charge < -0.3 is 5.11 Å². The van der Waals surface area contributed by atoms with Crippen molar-refractivity contribution in [2.24, 2.45) is 0 Å². The van der Waals surface area contributed by atoms with Crippen LogP contribution in [0.4, 0.5) is 0 Å². The van der Waals surface area contributed by atoms with Gasteiger partial charge in [0.2, 0.25) is 5.16 Å². The molecule has 0 spiro atoms. The normalized spacial score (nSPS) is 10.6. The van der Waals surface area contributed by atoms with E-state index in [1.807, 2.05) is 24.3 Å². The zero-order valence-corrected chi connectivity index (χ0v) is 11.3. The average Bonchev–Trinajstić information content (AvgIpc) is 2.86. The minimum Gasteiger partial charge on any atom is -0.481 e. The number of aliphatic carboxylic acids is 1. The molecular weight excluding hydrogens is 264 g/mol. The van der Waals surface area contributed by atoms with Gasteiger partial charge in [-0.25, -0.2) is 0 Å². The van der Waals surface area contributed by atoms with Crippen LogP contribution in [0, 0.1) is 0 Å². The smallest absolute Gasteiger partial charge is 0.313 e. The quantitative estimate of drug-likeness (QED) is 0.811. The Morgan fingerprint density at radius 2 is 2.11 bits per heavy atom. The average molecular weight is 278 g/mol. The van der Waals surface area contributed by atoms with E-state index in [0.29, 0.717) is 5.16 Å². The lowest BCUT2D eigenvalue weighted by Gasteiger charge is -2.04. The van der Waals surface area contributed by atoms with Gasteiger partial charge in [0, 0.05) is 0 Å². The van der Waals surface area contributed by atoms with E-state index in [-0.39, 0.29) is 5.75 Å². The van der Waals surface area contributed by atoms with Gasteiger partial charge in [-0.15, -0.1) is 5.10 Å². The van der Waals surface area contributed by atoms with Crippen molar-refractivity contribution in [1.29, 1.82) is 0 Å². The van der Waals surface area contributed by atoms with E-state index >= 15 is 0 Å². The number of tetrazole rings is 1. The zero-order valence-electron chi connectivity index (χ0n) is 10.5. The standard InChI is InChI=1S/C12H14N4O2S/c1-2-3-9-4-6-10(7-5-9)16-12(13-14-15-16)19-8-11(17)18/h4-7H,2-3,8H2,1H3,(H,17,18). The fourth-order valence-electron chi connectivity index (χ4n) is 1.65. The minimum atomic E-state index is -0.891. The molecule has 1 aromatic carbocycles. The summed E-state index contributed by atoms with van der Waals surface area (Å²) in [5, 5.41) is 20.4. The van der Waals surface area contributed by atoms with Crippen molar-refractivity contribution < 1.29 is 9.90 Å². The maximum Gasteiger partial charge on any atom is 0.313 e. The first-order valence-corrected chi connectivity index (χ1v) is 6.91. The largest absolute Gasteiger partial charge is 0.481 e. The van der Waals surface area contributed by atoms with Gasteiger partial charge >= 0.3 is 5.97 Å². The topological polar surface area (TPSA) is 80.9 Å². The second-order valence-electron chi connectivity index (χ2n) is 3.97. The Hall–Kier alpha value is -1.89. The van der Waals surface area contributed by atoms with Gasteiger partial charge in [-0.2, -0.15) is 4.68 Å². The summed E-state index contributed by atoms with van der Waals surface area (Å²) in [4.78, 5) is 10.6. The van der Waals surface area contributed by atoms with Gasteiger partial charge in [0.1, 0.15) is 0 Å². The number of rotatable bonds is 6. The lowest BCUT2D eigenvalue weighted by molar-refractivity contribution is -0.133. The van der Waals surface area contributed by atoms with Crippen molar-refractivity contribution in [2.75, 3.05) is 5.75 Å². The first kappa shape index (κ1) is 13.5. The van der Waals surface area contributed by atoms with Crippen LogP contribution in [-0.4, -0.2) is 37.0 Å². The SMILES string of the molecule is CCCc1ccc(-n2nnnc2SCC(=O)O)cc1. The Morgan fingerprint density at radius 3 is 2.74 bits per heavy atom. The molecule has 7 heteroatoms. The highest BCUT2D eigenvalue weighted by atomic mass is 32.2. The number of benzene rings is 1. The number of carbonyl (C=O) groups is 1. The van der Waals surface area contributed by atoms with Crippen LogP contribution in [0.2, 0.25) is 0 Å². The molecule has 0 aliphatic rings. The minimum absolute atomic E-state index is 0.0612. The third kappa shape index (κ3) is 3.54. The maximum atomic E-state index is 10.6. The highest BCUT2D eigenvalue weighted by molar-refractivity contribution is 7.99. The van der Waals surface area contributed by atoms with E-state index in [1.165, 1.54) is 5.56 Å². The van der Waals surface area contributed by atoms with Crippen LogP contribution in [0.15, 0.2) is 29.4 Å². The molecule has 0 atom stereocenters. The van der Waals surface area contributed by atoms with E-state index in [9.17, 15) is 4.79 Å². The summed E-state index contributed by atoms with van der Waals surface area (Å²) in [6.07, 6.45) is 2.14. The van der Waals surface area contributed by atoms with Crippen LogP contribution in [0.3, 0.4) is 0 Å².